The van der Waals surface area contributed by atoms with Crippen molar-refractivity contribution < 1.29 is 9.53 Å². The van der Waals surface area contributed by atoms with Gasteiger partial charge >= 0.3 is 0 Å². The zero-order valence-corrected chi connectivity index (χ0v) is 12.0. The molecule has 3 rings (SSSR count). The Balaban J connectivity index is 2.14. The molecule has 0 aliphatic carbocycles. The summed E-state index contributed by atoms with van der Waals surface area (Å²) in [5.74, 6) is 0.362. The van der Waals surface area contributed by atoms with Crippen molar-refractivity contribution in [1.29, 1.82) is 0 Å². The molecule has 0 spiro atoms. The molecular weight excluding hydrogens is 297 g/mol. The first-order valence-corrected chi connectivity index (χ1v) is 6.87. The highest BCUT2D eigenvalue weighted by Gasteiger charge is 2.24. The highest BCUT2D eigenvalue weighted by molar-refractivity contribution is 6.37. The van der Waals surface area contributed by atoms with Gasteiger partial charge in [0, 0.05) is 17.0 Å². The highest BCUT2D eigenvalue weighted by atomic mass is 35.5. The third-order valence-electron chi connectivity index (χ3n) is 3.27. The van der Waals surface area contributed by atoms with Gasteiger partial charge in [-0.15, -0.1) is 0 Å². The van der Waals surface area contributed by atoms with E-state index in [-0.39, 0.29) is 10.8 Å². The van der Waals surface area contributed by atoms with Crippen molar-refractivity contribution in [3.63, 3.8) is 0 Å². The number of halogens is 2. The second kappa shape index (κ2) is 5.00. The van der Waals surface area contributed by atoms with Crippen molar-refractivity contribution in [2.45, 2.75) is 6.42 Å². The summed E-state index contributed by atoms with van der Waals surface area (Å²) in [4.78, 5) is 12.7. The molecule has 20 heavy (non-hydrogen) atoms. The van der Waals surface area contributed by atoms with Crippen LogP contribution in [0.15, 0.2) is 30.3 Å². The van der Waals surface area contributed by atoms with Gasteiger partial charge in [-0.25, -0.2) is 0 Å². The van der Waals surface area contributed by atoms with Crippen LogP contribution in [0.25, 0.3) is 0 Å². The van der Waals surface area contributed by atoms with Crippen LogP contribution in [0, 0.1) is 0 Å². The van der Waals surface area contributed by atoms with Crippen LogP contribution in [0.3, 0.4) is 0 Å². The molecule has 1 aliphatic rings. The van der Waals surface area contributed by atoms with Crippen LogP contribution in [0.2, 0.25) is 10.0 Å². The molecule has 0 saturated carbocycles. The number of anilines is 1. The van der Waals surface area contributed by atoms with Gasteiger partial charge in [0.2, 0.25) is 0 Å². The van der Waals surface area contributed by atoms with Gasteiger partial charge in [-0.3, -0.25) is 4.79 Å². The number of carbonyl (C=O) groups is 1. The summed E-state index contributed by atoms with van der Waals surface area (Å²) in [6, 6.07) is 8.41. The number of hydrogen-bond donors (Lipinski definition) is 1. The molecule has 0 radical (unpaired) electrons. The Morgan fingerprint density at radius 1 is 1.20 bits per heavy atom. The summed E-state index contributed by atoms with van der Waals surface area (Å²) >= 11 is 12.2. The first kappa shape index (κ1) is 13.3. The fourth-order valence-corrected chi connectivity index (χ4v) is 2.76. The molecule has 0 amide bonds. The number of ether oxygens (including phenoxy) is 1. The van der Waals surface area contributed by atoms with E-state index < -0.39 is 0 Å². The summed E-state index contributed by atoms with van der Waals surface area (Å²) in [6.45, 7) is 0.556. The minimum atomic E-state index is -0.233. The topological polar surface area (TPSA) is 52.3 Å². The van der Waals surface area contributed by atoms with Crippen LogP contribution in [-0.2, 0) is 6.42 Å². The van der Waals surface area contributed by atoms with Crippen LogP contribution < -0.4 is 10.5 Å². The molecule has 2 N–H and O–H groups in total. The molecule has 5 heteroatoms. The number of hydrogen-bond acceptors (Lipinski definition) is 3. The maximum Gasteiger partial charge on any atom is 0.198 e. The zero-order chi connectivity index (χ0) is 14.3. The number of ketones is 1. The lowest BCUT2D eigenvalue weighted by Crippen LogP contribution is -2.06. The van der Waals surface area contributed by atoms with Gasteiger partial charge in [-0.1, -0.05) is 29.3 Å². The second-order valence-corrected chi connectivity index (χ2v) is 5.39. The first-order valence-electron chi connectivity index (χ1n) is 6.12. The maximum atomic E-state index is 12.7. The van der Waals surface area contributed by atoms with Crippen molar-refractivity contribution in [3.05, 3.63) is 57.1 Å². The van der Waals surface area contributed by atoms with Gasteiger partial charge in [0.1, 0.15) is 5.75 Å². The molecule has 2 aromatic carbocycles. The molecule has 102 valence electrons. The number of fused-ring (bicyclic) bond motifs is 1. The molecule has 3 nitrogen and oxygen atoms in total. The fraction of sp³-hybridized carbons (Fsp3) is 0.133. The average Bonchev–Trinajstić information content (AvgIpc) is 2.88. The summed E-state index contributed by atoms with van der Waals surface area (Å²) in [5.41, 5.74) is 7.84. The molecule has 0 aromatic heterocycles. The van der Waals surface area contributed by atoms with Gasteiger partial charge in [-0.2, -0.15) is 0 Å². The van der Waals surface area contributed by atoms with Crippen LogP contribution >= 0.6 is 23.2 Å². The minimum absolute atomic E-state index is 0.233. The van der Waals surface area contributed by atoms with E-state index in [2.05, 4.69) is 0 Å². The van der Waals surface area contributed by atoms with Crippen LogP contribution in [0.4, 0.5) is 5.69 Å². The molecule has 0 saturated heterocycles. The van der Waals surface area contributed by atoms with Crippen molar-refractivity contribution >= 4 is 34.7 Å². The lowest BCUT2D eigenvalue weighted by atomic mass is 9.99. The Labute approximate surface area is 126 Å². The van der Waals surface area contributed by atoms with E-state index >= 15 is 0 Å². The first-order chi connectivity index (χ1) is 9.58. The molecule has 1 heterocycles. The van der Waals surface area contributed by atoms with E-state index in [0.717, 1.165) is 12.0 Å². The maximum absolute atomic E-state index is 12.7. The SMILES string of the molecule is Nc1cccc(C(=O)c2cc(Cl)cc3c2OCC3)c1Cl. The third kappa shape index (κ3) is 2.13. The minimum Gasteiger partial charge on any atom is -0.492 e. The molecule has 0 atom stereocenters. The van der Waals surface area contributed by atoms with Crippen LogP contribution in [-0.4, -0.2) is 12.4 Å². The molecule has 2 aromatic rings. The summed E-state index contributed by atoms with van der Waals surface area (Å²) in [6.07, 6.45) is 0.751. The van der Waals surface area contributed by atoms with Gasteiger partial charge in [-0.05, 0) is 29.8 Å². The number of nitrogens with two attached hydrogens (primary N) is 1. The van der Waals surface area contributed by atoms with E-state index in [4.69, 9.17) is 33.7 Å². The van der Waals surface area contributed by atoms with E-state index in [1.807, 2.05) is 6.07 Å². The average molecular weight is 308 g/mol. The Morgan fingerprint density at radius 2 is 2.00 bits per heavy atom. The Hall–Kier alpha value is -1.71. The van der Waals surface area contributed by atoms with Crippen LogP contribution in [0.1, 0.15) is 21.5 Å². The van der Waals surface area contributed by atoms with Gasteiger partial charge in [0.15, 0.2) is 5.78 Å². The lowest BCUT2D eigenvalue weighted by Gasteiger charge is -2.10. The zero-order valence-electron chi connectivity index (χ0n) is 10.5. The van der Waals surface area contributed by atoms with E-state index in [0.29, 0.717) is 34.2 Å². The Bertz CT molecular complexity index is 713. The molecular formula is C15H11Cl2NO2. The molecule has 1 aliphatic heterocycles. The van der Waals surface area contributed by atoms with Crippen molar-refractivity contribution in [2.75, 3.05) is 12.3 Å². The summed E-state index contributed by atoms with van der Waals surface area (Å²) in [5, 5.41) is 0.766. The number of nitrogen functional groups attached to an aromatic ring is 1. The van der Waals surface area contributed by atoms with Gasteiger partial charge < -0.3 is 10.5 Å². The van der Waals surface area contributed by atoms with Gasteiger partial charge in [0.25, 0.3) is 0 Å². The predicted octanol–water partition coefficient (Wildman–Crippen LogP) is 3.74. The number of benzene rings is 2. The van der Waals surface area contributed by atoms with Crippen molar-refractivity contribution in [3.8, 4) is 5.75 Å². The monoisotopic (exact) mass is 307 g/mol. The second-order valence-electron chi connectivity index (χ2n) is 4.58. The largest absolute Gasteiger partial charge is 0.492 e. The summed E-state index contributed by atoms with van der Waals surface area (Å²) in [7, 11) is 0. The fourth-order valence-electron chi connectivity index (χ4n) is 2.31. The van der Waals surface area contributed by atoms with E-state index in [1.165, 1.54) is 0 Å². The Morgan fingerprint density at radius 3 is 2.80 bits per heavy atom. The van der Waals surface area contributed by atoms with Crippen molar-refractivity contribution in [2.24, 2.45) is 0 Å². The van der Waals surface area contributed by atoms with Crippen LogP contribution in [0.5, 0.6) is 5.75 Å². The molecule has 0 fully saturated rings. The standard InChI is InChI=1S/C15H11Cl2NO2/c16-9-6-8-4-5-20-15(8)11(7-9)14(19)10-2-1-3-12(18)13(10)17/h1-3,6-7H,4-5,18H2. The quantitative estimate of drug-likeness (QED) is 0.679. The molecule has 0 bridgehead atoms. The Kier molecular flexibility index (Phi) is 3.32. The predicted molar refractivity (Wildman–Crippen MR) is 79.9 cm³/mol. The van der Waals surface area contributed by atoms with E-state index in [9.17, 15) is 4.79 Å². The number of rotatable bonds is 2. The van der Waals surface area contributed by atoms with Crippen molar-refractivity contribution in [1.82, 2.24) is 0 Å². The molecule has 0 unspecified atom stereocenters. The normalized spacial score (nSPS) is 12.9. The number of carbonyl (C=O) groups excluding carboxylic acids is 1. The third-order valence-corrected chi connectivity index (χ3v) is 3.91. The lowest BCUT2D eigenvalue weighted by molar-refractivity contribution is 0.103. The summed E-state index contributed by atoms with van der Waals surface area (Å²) < 4.78 is 5.54. The van der Waals surface area contributed by atoms with E-state index in [1.54, 1.807) is 24.3 Å². The van der Waals surface area contributed by atoms with Gasteiger partial charge in [0.05, 0.1) is 22.9 Å². The smallest absolute Gasteiger partial charge is 0.198 e. The highest BCUT2D eigenvalue weighted by Crippen LogP contribution is 2.35.